The number of carbonyl (C=O) groups excluding carboxylic acids is 1. The van der Waals surface area contributed by atoms with E-state index in [1.165, 1.54) is 6.07 Å². The van der Waals surface area contributed by atoms with E-state index in [1.807, 2.05) is 0 Å². The first-order chi connectivity index (χ1) is 10.1. The number of anilines is 2. The van der Waals surface area contributed by atoms with E-state index in [-0.39, 0.29) is 18.1 Å². The summed E-state index contributed by atoms with van der Waals surface area (Å²) in [7, 11) is 1.76. The fourth-order valence-corrected chi connectivity index (χ4v) is 2.13. The smallest absolute Gasteiger partial charge is 0.226 e. The number of rotatable bonds is 5. The third-order valence-corrected chi connectivity index (χ3v) is 3.28. The van der Waals surface area contributed by atoms with E-state index >= 15 is 0 Å². The Morgan fingerprint density at radius 2 is 2.00 bits per heavy atom. The monoisotopic (exact) mass is 306 g/mol. The van der Waals surface area contributed by atoms with Crippen molar-refractivity contribution < 1.29 is 9.18 Å². The lowest BCUT2D eigenvalue weighted by atomic mass is 10.2. The van der Waals surface area contributed by atoms with Crippen LogP contribution in [0.5, 0.6) is 0 Å². The summed E-state index contributed by atoms with van der Waals surface area (Å²) in [6.07, 6.45) is 0.261. The highest BCUT2D eigenvalue weighted by atomic mass is 35.5. The molecule has 0 aliphatic rings. The van der Waals surface area contributed by atoms with Gasteiger partial charge in [0.15, 0.2) is 0 Å². The summed E-state index contributed by atoms with van der Waals surface area (Å²) in [5, 5.41) is 3.33. The van der Waals surface area contributed by atoms with Gasteiger partial charge >= 0.3 is 0 Å². The summed E-state index contributed by atoms with van der Waals surface area (Å²) in [4.78, 5) is 13.6. The average Bonchev–Trinajstić information content (AvgIpc) is 2.45. The van der Waals surface area contributed by atoms with Crippen molar-refractivity contribution in [2.24, 2.45) is 0 Å². The second kappa shape index (κ2) is 7.09. The van der Waals surface area contributed by atoms with Gasteiger partial charge in [-0.2, -0.15) is 0 Å². The molecule has 5 heteroatoms. The molecule has 0 saturated heterocycles. The van der Waals surface area contributed by atoms with E-state index in [4.69, 9.17) is 11.6 Å². The first-order valence-corrected chi connectivity index (χ1v) is 6.95. The number of carbonyl (C=O) groups is 1. The molecule has 0 bridgehead atoms. The summed E-state index contributed by atoms with van der Waals surface area (Å²) in [5.74, 6) is -0.435. The minimum Gasteiger partial charge on any atom is -0.372 e. The lowest BCUT2D eigenvalue weighted by molar-refractivity contribution is -0.116. The summed E-state index contributed by atoms with van der Waals surface area (Å²) >= 11 is 5.85. The molecule has 2 rings (SSSR count). The Morgan fingerprint density at radius 3 is 2.71 bits per heavy atom. The Morgan fingerprint density at radius 1 is 1.24 bits per heavy atom. The van der Waals surface area contributed by atoms with Crippen LogP contribution in [0.4, 0.5) is 15.8 Å². The molecule has 3 nitrogen and oxygen atoms in total. The minimum atomic E-state index is -0.296. The van der Waals surface area contributed by atoms with Crippen molar-refractivity contribution in [2.45, 2.75) is 6.42 Å². The second-order valence-corrected chi connectivity index (χ2v) is 5.12. The molecule has 0 saturated carbocycles. The van der Waals surface area contributed by atoms with Gasteiger partial charge in [-0.15, -0.1) is 0 Å². The highest BCUT2D eigenvalue weighted by Crippen LogP contribution is 2.18. The largest absolute Gasteiger partial charge is 0.372 e. The fraction of sp³-hybridized carbons (Fsp3) is 0.188. The Kier molecular flexibility index (Phi) is 5.17. The number of nitrogens with one attached hydrogen (secondary N) is 1. The van der Waals surface area contributed by atoms with Gasteiger partial charge in [0, 0.05) is 30.7 Å². The Balaban J connectivity index is 1.88. The summed E-state index contributed by atoms with van der Waals surface area (Å²) < 4.78 is 13.6. The highest BCUT2D eigenvalue weighted by molar-refractivity contribution is 6.30. The Bertz CT molecular complexity index is 633. The first kappa shape index (κ1) is 15.3. The van der Waals surface area contributed by atoms with Gasteiger partial charge in [0.2, 0.25) is 5.91 Å². The molecular formula is C16H16ClFN2O. The molecule has 0 aliphatic carbocycles. The lowest BCUT2D eigenvalue weighted by Crippen LogP contribution is -2.24. The maximum absolute atomic E-state index is 13.6. The first-order valence-electron chi connectivity index (χ1n) is 6.57. The fourth-order valence-electron chi connectivity index (χ4n) is 1.94. The van der Waals surface area contributed by atoms with Gasteiger partial charge in [0.1, 0.15) is 5.82 Å². The van der Waals surface area contributed by atoms with Crippen molar-refractivity contribution in [3.05, 3.63) is 59.4 Å². The molecule has 21 heavy (non-hydrogen) atoms. The van der Waals surface area contributed by atoms with Crippen molar-refractivity contribution in [2.75, 3.05) is 23.8 Å². The normalized spacial score (nSPS) is 10.2. The van der Waals surface area contributed by atoms with Gasteiger partial charge in [-0.05, 0) is 30.3 Å². The number of amides is 1. The number of hydrogen-bond acceptors (Lipinski definition) is 2. The molecule has 1 amide bonds. The van der Waals surface area contributed by atoms with Gasteiger partial charge in [-0.25, -0.2) is 4.39 Å². The Hall–Kier alpha value is -2.07. The van der Waals surface area contributed by atoms with Crippen molar-refractivity contribution in [3.63, 3.8) is 0 Å². The van der Waals surface area contributed by atoms with E-state index in [0.29, 0.717) is 22.9 Å². The lowest BCUT2D eigenvalue weighted by Gasteiger charge is -2.19. The number of para-hydroxylation sites is 1. The standard InChI is InChI=1S/C16H16ClFN2O/c1-20(15-8-3-2-7-14(15)18)10-9-16(21)19-13-6-4-5-12(17)11-13/h2-8,11H,9-10H2,1H3,(H,19,21). The van der Waals surface area contributed by atoms with Gasteiger partial charge in [0.05, 0.1) is 5.69 Å². The van der Waals surface area contributed by atoms with Gasteiger partial charge in [-0.3, -0.25) is 4.79 Å². The number of nitrogens with zero attached hydrogens (tertiary/aromatic N) is 1. The van der Waals surface area contributed by atoms with Crippen molar-refractivity contribution in [1.82, 2.24) is 0 Å². The zero-order valence-corrected chi connectivity index (χ0v) is 12.4. The molecule has 0 aromatic heterocycles. The zero-order chi connectivity index (χ0) is 15.2. The summed E-state index contributed by atoms with van der Waals surface area (Å²) in [6.45, 7) is 0.424. The molecule has 0 radical (unpaired) electrons. The number of benzene rings is 2. The molecule has 1 N–H and O–H groups in total. The van der Waals surface area contributed by atoms with E-state index in [2.05, 4.69) is 5.32 Å². The van der Waals surface area contributed by atoms with Crippen LogP contribution in [-0.2, 0) is 4.79 Å². The van der Waals surface area contributed by atoms with Crippen LogP contribution in [0.1, 0.15) is 6.42 Å². The number of hydrogen-bond donors (Lipinski definition) is 1. The molecule has 0 spiro atoms. The third-order valence-electron chi connectivity index (χ3n) is 3.05. The van der Waals surface area contributed by atoms with Crippen LogP contribution in [0.3, 0.4) is 0 Å². The van der Waals surface area contributed by atoms with Crippen LogP contribution < -0.4 is 10.2 Å². The third kappa shape index (κ3) is 4.46. The van der Waals surface area contributed by atoms with E-state index in [9.17, 15) is 9.18 Å². The van der Waals surface area contributed by atoms with Crippen LogP contribution in [0.2, 0.25) is 5.02 Å². The minimum absolute atomic E-state index is 0.138. The molecule has 110 valence electrons. The number of halogens is 2. The predicted molar refractivity (Wildman–Crippen MR) is 84.4 cm³/mol. The van der Waals surface area contributed by atoms with E-state index in [1.54, 1.807) is 54.4 Å². The molecule has 0 fully saturated rings. The van der Waals surface area contributed by atoms with Crippen molar-refractivity contribution in [3.8, 4) is 0 Å². The average molecular weight is 307 g/mol. The summed E-state index contributed by atoms with van der Waals surface area (Å²) in [5.41, 5.74) is 1.13. The van der Waals surface area contributed by atoms with Crippen LogP contribution in [0.25, 0.3) is 0 Å². The van der Waals surface area contributed by atoms with E-state index in [0.717, 1.165) is 0 Å². The molecule has 0 heterocycles. The topological polar surface area (TPSA) is 32.3 Å². The highest BCUT2D eigenvalue weighted by Gasteiger charge is 2.09. The molecule has 0 unspecified atom stereocenters. The van der Waals surface area contributed by atoms with Gasteiger partial charge in [0.25, 0.3) is 0 Å². The van der Waals surface area contributed by atoms with Crippen molar-refractivity contribution >= 4 is 28.9 Å². The quantitative estimate of drug-likeness (QED) is 0.907. The van der Waals surface area contributed by atoms with Crippen LogP contribution >= 0.6 is 11.6 Å². The molecule has 0 aliphatic heterocycles. The maximum Gasteiger partial charge on any atom is 0.226 e. The summed E-state index contributed by atoms with van der Waals surface area (Å²) in [6, 6.07) is 13.4. The van der Waals surface area contributed by atoms with Crippen molar-refractivity contribution in [1.29, 1.82) is 0 Å². The van der Waals surface area contributed by atoms with E-state index < -0.39 is 0 Å². The van der Waals surface area contributed by atoms with Gasteiger partial charge < -0.3 is 10.2 Å². The zero-order valence-electron chi connectivity index (χ0n) is 11.6. The molecule has 2 aromatic rings. The predicted octanol–water partition coefficient (Wildman–Crippen LogP) is 3.94. The Labute approximate surface area is 128 Å². The van der Waals surface area contributed by atoms with Crippen LogP contribution in [-0.4, -0.2) is 19.5 Å². The molecule has 0 atom stereocenters. The maximum atomic E-state index is 13.6. The van der Waals surface area contributed by atoms with Gasteiger partial charge in [-0.1, -0.05) is 29.8 Å². The van der Waals surface area contributed by atoms with Crippen LogP contribution in [0.15, 0.2) is 48.5 Å². The second-order valence-electron chi connectivity index (χ2n) is 4.68. The molecule has 2 aromatic carbocycles. The SMILES string of the molecule is CN(CCC(=O)Nc1cccc(Cl)c1)c1ccccc1F. The van der Waals surface area contributed by atoms with Crippen LogP contribution in [0, 0.1) is 5.82 Å². The molecular weight excluding hydrogens is 291 g/mol.